The molecule has 1 aliphatic heterocycles. The molecule has 0 saturated carbocycles. The molecule has 1 fully saturated rings. The highest BCUT2D eigenvalue weighted by Crippen LogP contribution is 2.32. The van der Waals surface area contributed by atoms with Crippen LogP contribution >= 0.6 is 0 Å². The van der Waals surface area contributed by atoms with Crippen molar-refractivity contribution in [1.82, 2.24) is 4.90 Å². The predicted molar refractivity (Wildman–Crippen MR) is 115 cm³/mol. The topological polar surface area (TPSA) is 3.24 Å². The Hall–Kier alpha value is -2.71. The zero-order valence-corrected chi connectivity index (χ0v) is 16.1. The molecule has 3 aromatic carbocycles. The Morgan fingerprint density at radius 3 is 2.46 bits per heavy atom. The van der Waals surface area contributed by atoms with Crippen molar-refractivity contribution < 1.29 is 4.39 Å². The Morgan fingerprint density at radius 2 is 1.68 bits per heavy atom. The summed E-state index contributed by atoms with van der Waals surface area (Å²) in [4.78, 5) is 2.57. The van der Waals surface area contributed by atoms with Crippen molar-refractivity contribution >= 4 is 6.08 Å². The van der Waals surface area contributed by atoms with Crippen LogP contribution in [0.5, 0.6) is 0 Å². The summed E-state index contributed by atoms with van der Waals surface area (Å²) in [7, 11) is 0. The van der Waals surface area contributed by atoms with Crippen LogP contribution in [0.2, 0.25) is 0 Å². The molecule has 1 unspecified atom stereocenters. The van der Waals surface area contributed by atoms with Gasteiger partial charge in [0.15, 0.2) is 0 Å². The van der Waals surface area contributed by atoms with Crippen LogP contribution in [0.4, 0.5) is 4.39 Å². The molecule has 0 radical (unpaired) electrons. The molecule has 142 valence electrons. The van der Waals surface area contributed by atoms with Gasteiger partial charge < -0.3 is 0 Å². The molecule has 1 heterocycles. The second kappa shape index (κ2) is 8.99. The summed E-state index contributed by atoms with van der Waals surface area (Å²) >= 11 is 0. The van der Waals surface area contributed by atoms with Gasteiger partial charge in [0, 0.05) is 12.6 Å². The maximum atomic E-state index is 13.5. The van der Waals surface area contributed by atoms with Crippen LogP contribution in [0.15, 0.2) is 84.9 Å². The van der Waals surface area contributed by atoms with Gasteiger partial charge in [0.2, 0.25) is 0 Å². The highest BCUT2D eigenvalue weighted by Gasteiger charge is 2.22. The zero-order chi connectivity index (χ0) is 19.2. The number of hydrogen-bond donors (Lipinski definition) is 0. The molecule has 0 spiro atoms. The lowest BCUT2D eigenvalue weighted by Gasteiger charge is -2.35. The molecule has 1 aliphatic rings. The third kappa shape index (κ3) is 4.58. The summed E-state index contributed by atoms with van der Waals surface area (Å²) in [5.74, 6) is -0.190. The molecule has 3 aromatic rings. The number of likely N-dealkylation sites (tertiary alicyclic amines) is 1. The number of piperidine rings is 1. The van der Waals surface area contributed by atoms with Gasteiger partial charge in [-0.05, 0) is 53.8 Å². The monoisotopic (exact) mass is 371 g/mol. The van der Waals surface area contributed by atoms with E-state index in [-0.39, 0.29) is 5.82 Å². The second-order valence-electron chi connectivity index (χ2n) is 7.45. The predicted octanol–water partition coefficient (Wildman–Crippen LogP) is 6.73. The molecule has 2 heteroatoms. The van der Waals surface area contributed by atoms with E-state index >= 15 is 0 Å². The first-order valence-electron chi connectivity index (χ1n) is 10.1. The Kier molecular flexibility index (Phi) is 5.98. The van der Waals surface area contributed by atoms with Gasteiger partial charge in [-0.25, -0.2) is 4.39 Å². The van der Waals surface area contributed by atoms with Crippen molar-refractivity contribution in [2.75, 3.05) is 13.1 Å². The van der Waals surface area contributed by atoms with E-state index in [1.165, 1.54) is 36.5 Å². The summed E-state index contributed by atoms with van der Waals surface area (Å²) in [5.41, 5.74) is 4.59. The zero-order valence-electron chi connectivity index (χ0n) is 16.1. The molecule has 0 aromatic heterocycles. The van der Waals surface area contributed by atoms with Crippen LogP contribution < -0.4 is 0 Å². The van der Waals surface area contributed by atoms with Crippen molar-refractivity contribution in [1.29, 1.82) is 0 Å². The van der Waals surface area contributed by atoms with E-state index in [4.69, 9.17) is 0 Å². The molecule has 1 saturated heterocycles. The van der Waals surface area contributed by atoms with E-state index in [0.29, 0.717) is 6.04 Å². The van der Waals surface area contributed by atoms with Gasteiger partial charge in [0.05, 0.1) is 0 Å². The maximum Gasteiger partial charge on any atom is 0.123 e. The first-order valence-corrected chi connectivity index (χ1v) is 10.1. The fraction of sp³-hybridized carbons (Fsp3) is 0.231. The molecule has 0 amide bonds. The van der Waals surface area contributed by atoms with E-state index in [1.807, 2.05) is 12.1 Å². The van der Waals surface area contributed by atoms with E-state index in [0.717, 1.165) is 24.2 Å². The standard InChI is InChI=1S/C26H26FN/c27-25-12-6-11-24(20-25)22-14-16-23(17-15-22)26-13-4-5-18-28(26)19-7-10-21-8-2-1-3-9-21/h1-3,6-12,14-17,20,26H,4-5,13,18-19H2/b10-7+. The van der Waals surface area contributed by atoms with E-state index in [1.54, 1.807) is 12.1 Å². The van der Waals surface area contributed by atoms with Crippen LogP contribution in [0, 0.1) is 5.82 Å². The van der Waals surface area contributed by atoms with Crippen LogP contribution in [-0.4, -0.2) is 18.0 Å². The molecular weight excluding hydrogens is 345 g/mol. The molecule has 28 heavy (non-hydrogen) atoms. The van der Waals surface area contributed by atoms with Crippen LogP contribution in [0.1, 0.15) is 36.4 Å². The Balaban J connectivity index is 1.47. The number of hydrogen-bond acceptors (Lipinski definition) is 1. The minimum atomic E-state index is -0.190. The van der Waals surface area contributed by atoms with Gasteiger partial charge >= 0.3 is 0 Å². The molecule has 0 bridgehead atoms. The van der Waals surface area contributed by atoms with Crippen molar-refractivity contribution in [3.63, 3.8) is 0 Å². The highest BCUT2D eigenvalue weighted by molar-refractivity contribution is 5.63. The normalized spacial score (nSPS) is 17.8. The van der Waals surface area contributed by atoms with Crippen LogP contribution in [0.25, 0.3) is 17.2 Å². The average molecular weight is 371 g/mol. The summed E-state index contributed by atoms with van der Waals surface area (Å²) in [6.45, 7) is 2.10. The summed E-state index contributed by atoms with van der Waals surface area (Å²) in [6.07, 6.45) is 8.21. The molecule has 0 N–H and O–H groups in total. The summed E-state index contributed by atoms with van der Waals surface area (Å²) in [6, 6.07) is 26.4. The minimum Gasteiger partial charge on any atom is -0.293 e. The highest BCUT2D eigenvalue weighted by atomic mass is 19.1. The number of halogens is 1. The Labute approximate surface area is 167 Å². The van der Waals surface area contributed by atoms with E-state index < -0.39 is 0 Å². The smallest absolute Gasteiger partial charge is 0.123 e. The van der Waals surface area contributed by atoms with Crippen LogP contribution in [-0.2, 0) is 0 Å². The minimum absolute atomic E-state index is 0.190. The van der Waals surface area contributed by atoms with Crippen molar-refractivity contribution in [2.24, 2.45) is 0 Å². The lowest BCUT2D eigenvalue weighted by atomic mass is 9.93. The number of rotatable bonds is 5. The fourth-order valence-electron chi connectivity index (χ4n) is 4.04. The quantitative estimate of drug-likeness (QED) is 0.480. The van der Waals surface area contributed by atoms with Crippen molar-refractivity contribution in [2.45, 2.75) is 25.3 Å². The lowest BCUT2D eigenvalue weighted by Crippen LogP contribution is -2.33. The van der Waals surface area contributed by atoms with E-state index in [2.05, 4.69) is 65.6 Å². The lowest BCUT2D eigenvalue weighted by molar-refractivity contribution is 0.166. The van der Waals surface area contributed by atoms with Crippen LogP contribution in [0.3, 0.4) is 0 Å². The van der Waals surface area contributed by atoms with Gasteiger partial charge in [-0.3, -0.25) is 4.90 Å². The van der Waals surface area contributed by atoms with Crippen molar-refractivity contribution in [3.05, 3.63) is 102 Å². The van der Waals surface area contributed by atoms with Gasteiger partial charge in [0.1, 0.15) is 5.82 Å². The Bertz CT molecular complexity index is 915. The molecular formula is C26H26FN. The molecule has 0 aliphatic carbocycles. The third-order valence-electron chi connectivity index (χ3n) is 5.52. The van der Waals surface area contributed by atoms with Crippen molar-refractivity contribution in [3.8, 4) is 11.1 Å². The third-order valence-corrected chi connectivity index (χ3v) is 5.52. The SMILES string of the molecule is Fc1cccc(-c2ccc(C3CCCCN3C/C=C/c3ccccc3)cc2)c1. The largest absolute Gasteiger partial charge is 0.293 e. The molecule has 1 atom stereocenters. The number of nitrogens with zero attached hydrogens (tertiary/aromatic N) is 1. The first-order chi connectivity index (χ1) is 13.8. The Morgan fingerprint density at radius 1 is 0.857 bits per heavy atom. The first kappa shape index (κ1) is 18.6. The maximum absolute atomic E-state index is 13.5. The molecule has 4 rings (SSSR count). The van der Waals surface area contributed by atoms with Gasteiger partial charge in [0.25, 0.3) is 0 Å². The van der Waals surface area contributed by atoms with Gasteiger partial charge in [-0.1, -0.05) is 85.3 Å². The van der Waals surface area contributed by atoms with Gasteiger partial charge in [-0.15, -0.1) is 0 Å². The molecule has 1 nitrogen and oxygen atoms in total. The fourth-order valence-corrected chi connectivity index (χ4v) is 4.04. The second-order valence-corrected chi connectivity index (χ2v) is 7.45. The van der Waals surface area contributed by atoms with E-state index in [9.17, 15) is 4.39 Å². The van der Waals surface area contributed by atoms with Gasteiger partial charge in [-0.2, -0.15) is 0 Å². The number of benzene rings is 3. The summed E-state index contributed by atoms with van der Waals surface area (Å²) in [5, 5.41) is 0. The average Bonchev–Trinajstić information content (AvgIpc) is 2.75. The summed E-state index contributed by atoms with van der Waals surface area (Å²) < 4.78 is 13.5.